The standard InChI is InChI=1S/C23H31N3O2S/c1-16-6-9-18-10-13-21(25-29-2)22(26(18)23(16)27)15-28-19-11-7-17(8-12-19)20-5-3-4-14-24-20/h3-6,9,14,17,19,21-22,25H,7-8,10-13,15H2,1-2H3. The highest BCUT2D eigenvalue weighted by Crippen LogP contribution is 2.34. The van der Waals surface area contributed by atoms with Crippen molar-refractivity contribution in [1.82, 2.24) is 14.3 Å². The van der Waals surface area contributed by atoms with E-state index in [2.05, 4.69) is 27.9 Å². The van der Waals surface area contributed by atoms with Crippen molar-refractivity contribution < 1.29 is 4.74 Å². The van der Waals surface area contributed by atoms with Gasteiger partial charge in [-0.05, 0) is 69.9 Å². The lowest BCUT2D eigenvalue weighted by atomic mass is 9.85. The summed E-state index contributed by atoms with van der Waals surface area (Å²) >= 11 is 1.63. The van der Waals surface area contributed by atoms with Crippen LogP contribution in [0.4, 0.5) is 0 Å². The van der Waals surface area contributed by atoms with Gasteiger partial charge in [-0.15, -0.1) is 0 Å². The van der Waals surface area contributed by atoms with E-state index in [-0.39, 0.29) is 23.7 Å². The highest BCUT2D eigenvalue weighted by atomic mass is 32.2. The van der Waals surface area contributed by atoms with E-state index in [1.165, 1.54) is 5.69 Å². The van der Waals surface area contributed by atoms with E-state index in [1.807, 2.05) is 36.1 Å². The molecule has 3 heterocycles. The number of pyridine rings is 2. The molecule has 2 aromatic rings. The topological polar surface area (TPSA) is 56.2 Å². The molecule has 0 spiro atoms. The van der Waals surface area contributed by atoms with Crippen LogP contribution in [0.5, 0.6) is 0 Å². The number of aromatic nitrogens is 2. The van der Waals surface area contributed by atoms with Crippen molar-refractivity contribution in [2.75, 3.05) is 12.9 Å². The zero-order chi connectivity index (χ0) is 20.2. The number of fused-ring (bicyclic) bond motifs is 1. The van der Waals surface area contributed by atoms with Crippen LogP contribution < -0.4 is 10.3 Å². The molecule has 1 N–H and O–H groups in total. The normalized spacial score (nSPS) is 26.8. The Morgan fingerprint density at radius 1 is 1.17 bits per heavy atom. The van der Waals surface area contributed by atoms with E-state index in [9.17, 15) is 4.79 Å². The minimum atomic E-state index is 0.0483. The smallest absolute Gasteiger partial charge is 0.254 e. The number of nitrogens with zero attached hydrogens (tertiary/aromatic N) is 2. The molecule has 1 aliphatic heterocycles. The molecule has 1 saturated carbocycles. The van der Waals surface area contributed by atoms with Crippen molar-refractivity contribution in [3.63, 3.8) is 0 Å². The van der Waals surface area contributed by atoms with Crippen LogP contribution in [-0.2, 0) is 11.2 Å². The third-order valence-corrected chi connectivity index (χ3v) is 6.99. The molecule has 0 bridgehead atoms. The summed E-state index contributed by atoms with van der Waals surface area (Å²) in [6, 6.07) is 10.5. The van der Waals surface area contributed by atoms with E-state index in [1.54, 1.807) is 11.9 Å². The summed E-state index contributed by atoms with van der Waals surface area (Å²) in [6.07, 6.45) is 10.5. The van der Waals surface area contributed by atoms with Gasteiger partial charge >= 0.3 is 0 Å². The second-order valence-corrected chi connectivity index (χ2v) is 8.92. The molecule has 2 atom stereocenters. The number of rotatable bonds is 6. The molecule has 0 amide bonds. The Bertz CT molecular complexity index is 862. The molecule has 156 valence electrons. The van der Waals surface area contributed by atoms with Crippen LogP contribution in [0.3, 0.4) is 0 Å². The highest BCUT2D eigenvalue weighted by molar-refractivity contribution is 7.96. The molecule has 5 nitrogen and oxygen atoms in total. The van der Waals surface area contributed by atoms with Gasteiger partial charge in [0.1, 0.15) is 0 Å². The van der Waals surface area contributed by atoms with Gasteiger partial charge in [0.25, 0.3) is 5.56 Å². The fourth-order valence-corrected chi connectivity index (χ4v) is 5.37. The van der Waals surface area contributed by atoms with Gasteiger partial charge in [0.15, 0.2) is 0 Å². The van der Waals surface area contributed by atoms with Gasteiger partial charge in [-0.3, -0.25) is 14.5 Å². The Balaban J connectivity index is 1.42. The summed E-state index contributed by atoms with van der Waals surface area (Å²) in [5.74, 6) is 0.544. The zero-order valence-corrected chi connectivity index (χ0v) is 18.2. The van der Waals surface area contributed by atoms with E-state index < -0.39 is 0 Å². The number of nitrogens with one attached hydrogen (secondary N) is 1. The first kappa shape index (κ1) is 20.6. The van der Waals surface area contributed by atoms with E-state index in [0.29, 0.717) is 12.5 Å². The lowest BCUT2D eigenvalue weighted by molar-refractivity contribution is -0.00170. The molecule has 2 aromatic heterocycles. The number of aryl methyl sites for hydroxylation is 2. The Morgan fingerprint density at radius 3 is 2.72 bits per heavy atom. The fourth-order valence-electron chi connectivity index (χ4n) is 4.79. The molecular weight excluding hydrogens is 382 g/mol. The van der Waals surface area contributed by atoms with Gasteiger partial charge in [-0.1, -0.05) is 24.1 Å². The van der Waals surface area contributed by atoms with Crippen molar-refractivity contribution in [2.45, 2.75) is 69.6 Å². The van der Waals surface area contributed by atoms with Gasteiger partial charge in [-0.2, -0.15) is 0 Å². The maximum atomic E-state index is 12.9. The Kier molecular flexibility index (Phi) is 6.73. The first-order valence-electron chi connectivity index (χ1n) is 10.7. The predicted octanol–water partition coefficient (Wildman–Crippen LogP) is 4.02. The Morgan fingerprint density at radius 2 is 2.00 bits per heavy atom. The van der Waals surface area contributed by atoms with Gasteiger partial charge in [0.05, 0.1) is 18.8 Å². The average molecular weight is 414 g/mol. The first-order valence-corrected chi connectivity index (χ1v) is 11.9. The van der Waals surface area contributed by atoms with Crippen LogP contribution in [0.1, 0.15) is 61.0 Å². The summed E-state index contributed by atoms with van der Waals surface area (Å²) in [7, 11) is 0. The van der Waals surface area contributed by atoms with Crippen LogP contribution >= 0.6 is 11.9 Å². The van der Waals surface area contributed by atoms with Crippen molar-refractivity contribution in [2.24, 2.45) is 0 Å². The quantitative estimate of drug-likeness (QED) is 0.725. The van der Waals surface area contributed by atoms with Crippen molar-refractivity contribution in [3.05, 3.63) is 63.8 Å². The molecule has 6 heteroatoms. The molecule has 29 heavy (non-hydrogen) atoms. The molecule has 1 aliphatic carbocycles. The third kappa shape index (κ3) is 4.60. The third-order valence-electron chi connectivity index (χ3n) is 6.45. The molecule has 0 radical (unpaired) electrons. The SMILES string of the molecule is CSNC1CCc2ccc(C)c(=O)n2C1COC1CCC(c2ccccn2)CC1. The molecule has 1 fully saturated rings. The van der Waals surface area contributed by atoms with E-state index >= 15 is 0 Å². The average Bonchev–Trinajstić information content (AvgIpc) is 2.76. The van der Waals surface area contributed by atoms with Gasteiger partial charge in [0.2, 0.25) is 0 Å². The lowest BCUT2D eigenvalue weighted by Crippen LogP contribution is -2.46. The molecule has 2 aliphatic rings. The van der Waals surface area contributed by atoms with Crippen LogP contribution in [0.15, 0.2) is 41.3 Å². The summed E-state index contributed by atoms with van der Waals surface area (Å²) in [6.45, 7) is 2.49. The van der Waals surface area contributed by atoms with Gasteiger partial charge in [0, 0.05) is 35.1 Å². The lowest BCUT2D eigenvalue weighted by Gasteiger charge is -2.37. The predicted molar refractivity (Wildman–Crippen MR) is 118 cm³/mol. The van der Waals surface area contributed by atoms with Gasteiger partial charge < -0.3 is 9.30 Å². The van der Waals surface area contributed by atoms with Crippen LogP contribution in [0, 0.1) is 6.92 Å². The number of ether oxygens (including phenoxy) is 1. The minimum absolute atomic E-state index is 0.0483. The van der Waals surface area contributed by atoms with Crippen molar-refractivity contribution >= 4 is 11.9 Å². The largest absolute Gasteiger partial charge is 0.376 e. The van der Waals surface area contributed by atoms with Crippen molar-refractivity contribution in [3.8, 4) is 0 Å². The number of hydrogen-bond acceptors (Lipinski definition) is 5. The molecule has 4 rings (SSSR count). The highest BCUT2D eigenvalue weighted by Gasteiger charge is 2.32. The Labute approximate surface area is 177 Å². The number of hydrogen-bond donors (Lipinski definition) is 1. The summed E-state index contributed by atoms with van der Waals surface area (Å²) in [5, 5.41) is 0. The van der Waals surface area contributed by atoms with Crippen molar-refractivity contribution in [1.29, 1.82) is 0 Å². The maximum Gasteiger partial charge on any atom is 0.254 e. The molecule has 0 saturated heterocycles. The zero-order valence-electron chi connectivity index (χ0n) is 17.3. The van der Waals surface area contributed by atoms with Crippen LogP contribution in [0.2, 0.25) is 0 Å². The molecular formula is C23H31N3O2S. The van der Waals surface area contributed by atoms with E-state index in [4.69, 9.17) is 4.74 Å². The Hall–Kier alpha value is -1.63. The molecule has 0 aromatic carbocycles. The van der Waals surface area contributed by atoms with Crippen LogP contribution in [0.25, 0.3) is 0 Å². The first-order chi connectivity index (χ1) is 14.2. The van der Waals surface area contributed by atoms with Crippen LogP contribution in [-0.4, -0.2) is 34.6 Å². The maximum absolute atomic E-state index is 12.9. The summed E-state index contributed by atoms with van der Waals surface area (Å²) in [4.78, 5) is 17.4. The monoisotopic (exact) mass is 413 g/mol. The van der Waals surface area contributed by atoms with E-state index in [0.717, 1.165) is 49.8 Å². The summed E-state index contributed by atoms with van der Waals surface area (Å²) in [5.41, 5.74) is 3.27. The van der Waals surface area contributed by atoms with Gasteiger partial charge in [-0.25, -0.2) is 0 Å². The fraction of sp³-hybridized carbons (Fsp3) is 0.565. The molecule has 2 unspecified atom stereocenters. The second-order valence-electron chi connectivity index (χ2n) is 8.28. The second kappa shape index (κ2) is 9.45. The summed E-state index contributed by atoms with van der Waals surface area (Å²) < 4.78 is 11.9. The minimum Gasteiger partial charge on any atom is -0.376 e.